The van der Waals surface area contributed by atoms with Crippen molar-refractivity contribution < 1.29 is 5.11 Å². The first-order valence-electron chi connectivity index (χ1n) is 6.53. The summed E-state index contributed by atoms with van der Waals surface area (Å²) >= 11 is 5.86. The van der Waals surface area contributed by atoms with Crippen molar-refractivity contribution in [2.45, 2.75) is 0 Å². The Morgan fingerprint density at radius 3 is 2.48 bits per heavy atom. The molecule has 3 nitrogen and oxygen atoms in total. The summed E-state index contributed by atoms with van der Waals surface area (Å²) in [5.41, 5.74) is 2.70. The topological polar surface area (TPSA) is 35.8 Å². The fourth-order valence-electron chi connectivity index (χ4n) is 1.76. The third kappa shape index (κ3) is 4.36. The molecular formula is C17H17ClN2O. The first-order valence-corrected chi connectivity index (χ1v) is 6.91. The lowest BCUT2D eigenvalue weighted by molar-refractivity contribution is 0.477. The predicted octanol–water partition coefficient (Wildman–Crippen LogP) is 4.53. The van der Waals surface area contributed by atoms with Crippen LogP contribution in [-0.2, 0) is 0 Å². The molecule has 0 spiro atoms. The van der Waals surface area contributed by atoms with Crippen LogP contribution in [-0.4, -0.2) is 25.4 Å². The summed E-state index contributed by atoms with van der Waals surface area (Å²) < 4.78 is 0. The second-order valence-corrected chi connectivity index (χ2v) is 5.19. The highest BCUT2D eigenvalue weighted by Gasteiger charge is 1.98. The van der Waals surface area contributed by atoms with Gasteiger partial charge >= 0.3 is 0 Å². The van der Waals surface area contributed by atoms with Crippen molar-refractivity contribution in [2.75, 3.05) is 19.0 Å². The van der Waals surface area contributed by atoms with Gasteiger partial charge in [-0.1, -0.05) is 29.8 Å². The average Bonchev–Trinajstić information content (AvgIpc) is 2.47. The van der Waals surface area contributed by atoms with Crippen molar-refractivity contribution in [3.05, 3.63) is 59.1 Å². The molecule has 0 saturated carbocycles. The maximum absolute atomic E-state index is 9.63. The van der Waals surface area contributed by atoms with Gasteiger partial charge in [0.1, 0.15) is 11.4 Å². The Morgan fingerprint density at radius 2 is 1.81 bits per heavy atom. The third-order valence-corrected chi connectivity index (χ3v) is 3.17. The number of hydrogen-bond donors (Lipinski definition) is 1. The molecule has 0 radical (unpaired) electrons. The molecular weight excluding hydrogens is 284 g/mol. The first-order chi connectivity index (χ1) is 10.1. The molecule has 0 saturated heterocycles. The molecule has 0 heterocycles. The van der Waals surface area contributed by atoms with E-state index in [0.29, 0.717) is 10.7 Å². The number of halogens is 1. The molecule has 0 aliphatic carbocycles. The molecule has 21 heavy (non-hydrogen) atoms. The smallest absolute Gasteiger partial charge is 0.141 e. The van der Waals surface area contributed by atoms with E-state index in [9.17, 15) is 5.11 Å². The van der Waals surface area contributed by atoms with Crippen molar-refractivity contribution >= 4 is 35.3 Å². The fourth-order valence-corrected chi connectivity index (χ4v) is 1.93. The summed E-state index contributed by atoms with van der Waals surface area (Å²) in [5, 5.41) is 10.2. The van der Waals surface area contributed by atoms with Gasteiger partial charge in [0.25, 0.3) is 0 Å². The second-order valence-electron chi connectivity index (χ2n) is 4.76. The van der Waals surface area contributed by atoms with Gasteiger partial charge < -0.3 is 10.0 Å². The minimum atomic E-state index is 0.111. The van der Waals surface area contributed by atoms with E-state index < -0.39 is 0 Å². The van der Waals surface area contributed by atoms with Crippen LogP contribution < -0.4 is 4.90 Å². The first kappa shape index (κ1) is 15.1. The van der Waals surface area contributed by atoms with Gasteiger partial charge in [-0.3, -0.25) is 4.99 Å². The lowest BCUT2D eigenvalue weighted by Gasteiger charge is -2.11. The highest BCUT2D eigenvalue weighted by Crippen LogP contribution is 2.28. The van der Waals surface area contributed by atoms with Gasteiger partial charge in [-0.25, -0.2) is 0 Å². The van der Waals surface area contributed by atoms with Gasteiger partial charge in [-0.2, -0.15) is 0 Å². The van der Waals surface area contributed by atoms with Gasteiger partial charge in [0.2, 0.25) is 0 Å². The Hall–Kier alpha value is -2.26. The fraction of sp³-hybridized carbons (Fsp3) is 0.118. The average molecular weight is 301 g/mol. The summed E-state index contributed by atoms with van der Waals surface area (Å²) in [5.74, 6) is 0.111. The number of aromatic hydroxyl groups is 1. The van der Waals surface area contributed by atoms with Crippen LogP contribution in [0.1, 0.15) is 5.56 Å². The van der Waals surface area contributed by atoms with E-state index >= 15 is 0 Å². The molecule has 0 aromatic heterocycles. The molecule has 0 aliphatic heterocycles. The van der Waals surface area contributed by atoms with Crippen LogP contribution in [0.2, 0.25) is 5.02 Å². The SMILES string of the molecule is CN(C)c1ccc(C=CC=Nc2cc(Cl)ccc2O)cc1. The largest absolute Gasteiger partial charge is 0.506 e. The van der Waals surface area contributed by atoms with Crippen molar-refractivity contribution in [3.63, 3.8) is 0 Å². The molecule has 2 rings (SSSR count). The summed E-state index contributed by atoms with van der Waals surface area (Å²) in [4.78, 5) is 6.23. The van der Waals surface area contributed by atoms with E-state index in [1.165, 1.54) is 6.07 Å². The number of allylic oxidation sites excluding steroid dienone is 1. The third-order valence-electron chi connectivity index (χ3n) is 2.94. The van der Waals surface area contributed by atoms with Crippen LogP contribution in [0.25, 0.3) is 6.08 Å². The maximum atomic E-state index is 9.63. The maximum Gasteiger partial charge on any atom is 0.141 e. The molecule has 0 atom stereocenters. The van der Waals surface area contributed by atoms with Crippen LogP contribution in [0.5, 0.6) is 5.75 Å². The van der Waals surface area contributed by atoms with Gasteiger partial charge in [0.15, 0.2) is 0 Å². The Bertz CT molecular complexity index is 661. The van der Waals surface area contributed by atoms with E-state index in [0.717, 1.165) is 11.3 Å². The normalized spacial score (nSPS) is 11.4. The Kier molecular flexibility index (Phi) is 5.01. The van der Waals surface area contributed by atoms with Gasteiger partial charge in [-0.15, -0.1) is 0 Å². The lowest BCUT2D eigenvalue weighted by Crippen LogP contribution is -2.07. The van der Waals surface area contributed by atoms with Crippen molar-refractivity contribution in [3.8, 4) is 5.75 Å². The number of aliphatic imine (C=N–C) groups is 1. The van der Waals surface area contributed by atoms with Crippen molar-refractivity contribution in [1.82, 2.24) is 0 Å². The predicted molar refractivity (Wildman–Crippen MR) is 91.1 cm³/mol. The summed E-state index contributed by atoms with van der Waals surface area (Å²) in [6, 6.07) is 13.0. The van der Waals surface area contributed by atoms with Crippen molar-refractivity contribution in [1.29, 1.82) is 0 Å². The van der Waals surface area contributed by atoms with Crippen LogP contribution >= 0.6 is 11.6 Å². The van der Waals surface area contributed by atoms with E-state index in [4.69, 9.17) is 11.6 Å². The van der Waals surface area contributed by atoms with E-state index in [1.54, 1.807) is 18.3 Å². The van der Waals surface area contributed by atoms with Gasteiger partial charge in [0, 0.05) is 31.0 Å². The number of rotatable bonds is 4. The number of phenolic OH excluding ortho intramolecular Hbond substituents is 1. The van der Waals surface area contributed by atoms with Crippen molar-refractivity contribution in [2.24, 2.45) is 4.99 Å². The van der Waals surface area contributed by atoms with Crippen LogP contribution in [0.15, 0.2) is 53.5 Å². The molecule has 2 aromatic carbocycles. The van der Waals surface area contributed by atoms with E-state index in [1.807, 2.05) is 38.4 Å². The Balaban J connectivity index is 2.04. The molecule has 108 valence electrons. The number of phenols is 1. The van der Waals surface area contributed by atoms with E-state index in [-0.39, 0.29) is 5.75 Å². The van der Waals surface area contributed by atoms with Crippen LogP contribution in [0.3, 0.4) is 0 Å². The number of benzene rings is 2. The zero-order chi connectivity index (χ0) is 15.2. The van der Waals surface area contributed by atoms with Gasteiger partial charge in [0.05, 0.1) is 0 Å². The Labute approximate surface area is 129 Å². The highest BCUT2D eigenvalue weighted by molar-refractivity contribution is 6.30. The summed E-state index contributed by atoms with van der Waals surface area (Å²) in [6.07, 6.45) is 5.40. The summed E-state index contributed by atoms with van der Waals surface area (Å²) in [7, 11) is 4.02. The number of hydrogen-bond acceptors (Lipinski definition) is 3. The molecule has 0 bridgehead atoms. The molecule has 2 aromatic rings. The summed E-state index contributed by atoms with van der Waals surface area (Å²) in [6.45, 7) is 0. The zero-order valence-electron chi connectivity index (χ0n) is 12.0. The van der Waals surface area contributed by atoms with E-state index in [2.05, 4.69) is 22.0 Å². The number of nitrogens with zero attached hydrogens (tertiary/aromatic N) is 2. The molecule has 1 N–H and O–H groups in total. The number of anilines is 1. The minimum Gasteiger partial charge on any atom is -0.506 e. The Morgan fingerprint density at radius 1 is 1.10 bits per heavy atom. The minimum absolute atomic E-state index is 0.111. The van der Waals surface area contributed by atoms with Crippen LogP contribution in [0, 0.1) is 0 Å². The molecule has 0 fully saturated rings. The van der Waals surface area contributed by atoms with Crippen LogP contribution in [0.4, 0.5) is 11.4 Å². The second kappa shape index (κ2) is 6.95. The quantitative estimate of drug-likeness (QED) is 0.842. The monoisotopic (exact) mass is 300 g/mol. The zero-order valence-corrected chi connectivity index (χ0v) is 12.7. The lowest BCUT2D eigenvalue weighted by atomic mass is 10.2. The molecule has 4 heteroatoms. The molecule has 0 unspecified atom stereocenters. The standard InChI is InChI=1S/C17H17ClN2O/c1-20(2)15-8-5-13(6-9-15)4-3-11-19-16-12-14(18)7-10-17(16)21/h3-12,21H,1-2H3. The molecule has 0 amide bonds. The highest BCUT2D eigenvalue weighted by atomic mass is 35.5. The van der Waals surface area contributed by atoms with Gasteiger partial charge in [-0.05, 0) is 42.0 Å². The molecule has 0 aliphatic rings.